The minimum atomic E-state index is -4.38. The van der Waals surface area contributed by atoms with Crippen molar-refractivity contribution >= 4 is 17.4 Å². The molecule has 0 spiro atoms. The van der Waals surface area contributed by atoms with Crippen LogP contribution in [0.1, 0.15) is 10.5 Å². The molecule has 1 heterocycles. The van der Waals surface area contributed by atoms with Gasteiger partial charge in [-0.25, -0.2) is 4.98 Å². The highest BCUT2D eigenvalue weighted by Gasteiger charge is 2.30. The molecule has 1 rings (SSSR count). The summed E-state index contributed by atoms with van der Waals surface area (Å²) in [5.74, 6) is -0.953. The molecule has 1 aromatic rings. The van der Waals surface area contributed by atoms with Crippen LogP contribution in [0.15, 0.2) is 12.1 Å². The van der Waals surface area contributed by atoms with Crippen molar-refractivity contribution in [3.05, 3.63) is 17.8 Å². The summed E-state index contributed by atoms with van der Waals surface area (Å²) in [5, 5.41) is 0. The summed E-state index contributed by atoms with van der Waals surface area (Å²) >= 11 is 0. The highest BCUT2D eigenvalue weighted by molar-refractivity contribution is 5.91. The highest BCUT2D eigenvalue weighted by atomic mass is 19.4. The van der Waals surface area contributed by atoms with Crippen LogP contribution in [-0.4, -0.2) is 30.7 Å². The molecule has 5 nitrogen and oxygen atoms in total. The topological polar surface area (TPSA) is 85.2 Å². The third-order valence-electron chi connectivity index (χ3n) is 1.94. The van der Waals surface area contributed by atoms with Crippen molar-refractivity contribution in [2.75, 3.05) is 24.2 Å². The molecule has 8 heteroatoms. The molecule has 0 saturated heterocycles. The summed E-state index contributed by atoms with van der Waals surface area (Å²) < 4.78 is 36.5. The minimum Gasteiger partial charge on any atom is -0.396 e. The van der Waals surface area contributed by atoms with Crippen LogP contribution in [0.2, 0.25) is 0 Å². The van der Waals surface area contributed by atoms with E-state index in [9.17, 15) is 18.0 Å². The first-order chi connectivity index (χ1) is 7.70. The zero-order chi connectivity index (χ0) is 13.2. The Hall–Kier alpha value is -1.99. The molecule has 0 aliphatic carbocycles. The first-order valence-corrected chi connectivity index (χ1v) is 4.55. The first-order valence-electron chi connectivity index (χ1n) is 4.55. The lowest BCUT2D eigenvalue weighted by Gasteiger charge is -2.21. The van der Waals surface area contributed by atoms with Crippen LogP contribution in [0.25, 0.3) is 0 Å². The van der Waals surface area contributed by atoms with Gasteiger partial charge < -0.3 is 16.4 Å². The number of carbonyl (C=O) groups is 1. The number of carbonyl (C=O) groups excluding carboxylic acids is 1. The molecular weight excluding hydrogens is 237 g/mol. The summed E-state index contributed by atoms with van der Waals surface area (Å²) in [6.07, 6.45) is -4.38. The molecule has 0 aromatic carbocycles. The Kier molecular flexibility index (Phi) is 3.45. The molecule has 0 aliphatic rings. The number of nitrogens with two attached hydrogens (primary N) is 2. The van der Waals surface area contributed by atoms with Gasteiger partial charge in [-0.3, -0.25) is 4.79 Å². The Labute approximate surface area is 95.2 Å². The van der Waals surface area contributed by atoms with Gasteiger partial charge in [0.2, 0.25) is 0 Å². The van der Waals surface area contributed by atoms with Crippen molar-refractivity contribution in [2.24, 2.45) is 5.73 Å². The third kappa shape index (κ3) is 3.51. The molecule has 0 radical (unpaired) electrons. The number of amides is 1. The van der Waals surface area contributed by atoms with E-state index in [1.807, 2.05) is 0 Å². The van der Waals surface area contributed by atoms with E-state index in [2.05, 4.69) is 4.98 Å². The quantitative estimate of drug-likeness (QED) is 0.827. The summed E-state index contributed by atoms with van der Waals surface area (Å²) in [5.41, 5.74) is 10.4. The maximum absolute atomic E-state index is 12.2. The minimum absolute atomic E-state index is 0.0433. The maximum Gasteiger partial charge on any atom is 0.405 e. The molecule has 0 fully saturated rings. The smallest absolute Gasteiger partial charge is 0.396 e. The number of hydrogen-bond donors (Lipinski definition) is 2. The second-order valence-electron chi connectivity index (χ2n) is 3.44. The Morgan fingerprint density at radius 2 is 2.06 bits per heavy atom. The van der Waals surface area contributed by atoms with Crippen molar-refractivity contribution < 1.29 is 18.0 Å². The van der Waals surface area contributed by atoms with E-state index in [1.165, 1.54) is 19.2 Å². The summed E-state index contributed by atoms with van der Waals surface area (Å²) in [7, 11) is 1.18. The average molecular weight is 248 g/mol. The van der Waals surface area contributed by atoms with Crippen LogP contribution in [0.4, 0.5) is 24.7 Å². The largest absolute Gasteiger partial charge is 0.405 e. The zero-order valence-corrected chi connectivity index (χ0v) is 8.95. The van der Waals surface area contributed by atoms with Crippen LogP contribution in [0, 0.1) is 0 Å². The maximum atomic E-state index is 12.2. The Morgan fingerprint density at radius 3 is 2.53 bits per heavy atom. The number of pyridine rings is 1. The van der Waals surface area contributed by atoms with Crippen LogP contribution >= 0.6 is 0 Å². The van der Waals surface area contributed by atoms with Crippen molar-refractivity contribution in [3.8, 4) is 0 Å². The van der Waals surface area contributed by atoms with Gasteiger partial charge >= 0.3 is 6.18 Å². The number of hydrogen-bond acceptors (Lipinski definition) is 4. The average Bonchev–Trinajstić information content (AvgIpc) is 2.14. The van der Waals surface area contributed by atoms with Crippen molar-refractivity contribution in [2.45, 2.75) is 6.18 Å². The molecule has 0 bridgehead atoms. The summed E-state index contributed by atoms with van der Waals surface area (Å²) in [6.45, 7) is -1.22. The fourth-order valence-corrected chi connectivity index (χ4v) is 1.25. The summed E-state index contributed by atoms with van der Waals surface area (Å²) in [6, 6.07) is 2.54. The van der Waals surface area contributed by atoms with Crippen LogP contribution in [-0.2, 0) is 0 Å². The molecule has 94 valence electrons. The second-order valence-corrected chi connectivity index (χ2v) is 3.44. The first kappa shape index (κ1) is 13.1. The normalized spacial score (nSPS) is 11.3. The molecular formula is C9H11F3N4O. The third-order valence-corrected chi connectivity index (χ3v) is 1.94. The molecule has 0 unspecified atom stereocenters. The van der Waals surface area contributed by atoms with Gasteiger partial charge in [-0.05, 0) is 12.1 Å². The van der Waals surface area contributed by atoms with Gasteiger partial charge in [-0.15, -0.1) is 0 Å². The monoisotopic (exact) mass is 248 g/mol. The van der Waals surface area contributed by atoms with E-state index in [4.69, 9.17) is 11.5 Å². The number of aromatic nitrogens is 1. The lowest BCUT2D eigenvalue weighted by molar-refractivity contribution is -0.119. The van der Waals surface area contributed by atoms with Gasteiger partial charge in [0.1, 0.15) is 12.2 Å². The molecule has 0 saturated carbocycles. The fourth-order valence-electron chi connectivity index (χ4n) is 1.25. The number of rotatable bonds is 3. The molecule has 1 amide bonds. The molecule has 1 aromatic heterocycles. The Morgan fingerprint density at radius 1 is 1.47 bits per heavy atom. The van der Waals surface area contributed by atoms with Crippen LogP contribution < -0.4 is 16.4 Å². The van der Waals surface area contributed by atoms with E-state index < -0.39 is 18.6 Å². The lowest BCUT2D eigenvalue weighted by Crippen LogP contribution is -2.32. The summed E-state index contributed by atoms with van der Waals surface area (Å²) in [4.78, 5) is 15.3. The van der Waals surface area contributed by atoms with Crippen molar-refractivity contribution in [1.29, 1.82) is 0 Å². The van der Waals surface area contributed by atoms with Gasteiger partial charge in [0.05, 0.1) is 5.69 Å². The number of primary amides is 1. The van der Waals surface area contributed by atoms with E-state index in [-0.39, 0.29) is 17.2 Å². The van der Waals surface area contributed by atoms with E-state index >= 15 is 0 Å². The standard InChI is InChI=1S/C9H11F3N4O/c1-16(4-9(10,11)12)8-5(13)2-3-6(15-8)7(14)17/h2-3H,4,13H2,1H3,(H2,14,17). The molecule has 4 N–H and O–H groups in total. The van der Waals surface area contributed by atoms with E-state index in [1.54, 1.807) is 0 Å². The predicted molar refractivity (Wildman–Crippen MR) is 56.5 cm³/mol. The van der Waals surface area contributed by atoms with Gasteiger partial charge in [-0.1, -0.05) is 0 Å². The van der Waals surface area contributed by atoms with Gasteiger partial charge in [-0.2, -0.15) is 13.2 Å². The SMILES string of the molecule is CN(CC(F)(F)F)c1nc(C(N)=O)ccc1N. The molecule has 17 heavy (non-hydrogen) atoms. The van der Waals surface area contributed by atoms with E-state index in [0.29, 0.717) is 0 Å². The number of anilines is 2. The van der Waals surface area contributed by atoms with Gasteiger partial charge in [0.15, 0.2) is 5.82 Å². The number of nitrogens with zero attached hydrogens (tertiary/aromatic N) is 2. The van der Waals surface area contributed by atoms with Gasteiger partial charge in [0.25, 0.3) is 5.91 Å². The highest BCUT2D eigenvalue weighted by Crippen LogP contribution is 2.24. The fraction of sp³-hybridized carbons (Fsp3) is 0.333. The molecule has 0 atom stereocenters. The van der Waals surface area contributed by atoms with Crippen LogP contribution in [0.3, 0.4) is 0 Å². The number of halogens is 3. The Balaban J connectivity index is 3.04. The molecule has 0 aliphatic heterocycles. The van der Waals surface area contributed by atoms with Crippen molar-refractivity contribution in [1.82, 2.24) is 4.98 Å². The second kappa shape index (κ2) is 4.48. The van der Waals surface area contributed by atoms with Crippen LogP contribution in [0.5, 0.6) is 0 Å². The number of alkyl halides is 3. The Bertz CT molecular complexity index is 433. The zero-order valence-electron chi connectivity index (χ0n) is 8.95. The van der Waals surface area contributed by atoms with Gasteiger partial charge in [0, 0.05) is 7.05 Å². The number of nitrogen functional groups attached to an aromatic ring is 1. The van der Waals surface area contributed by atoms with E-state index in [0.717, 1.165) is 4.90 Å². The lowest BCUT2D eigenvalue weighted by atomic mass is 10.3. The predicted octanol–water partition coefficient (Wildman–Crippen LogP) is 0.761. The van der Waals surface area contributed by atoms with Crippen molar-refractivity contribution in [3.63, 3.8) is 0 Å².